The van der Waals surface area contributed by atoms with E-state index >= 15 is 0 Å². The Morgan fingerprint density at radius 2 is 2.14 bits per heavy atom. The number of hydrogen-bond donors (Lipinski definition) is 2. The minimum Gasteiger partial charge on any atom is -0.468 e. The van der Waals surface area contributed by atoms with Gasteiger partial charge in [0.05, 0.1) is 30.3 Å². The fraction of sp³-hybridized carbons (Fsp3) is 0.818. The number of rotatable bonds is 13. The first-order chi connectivity index (χ1) is 13.9. The fourth-order valence-corrected chi connectivity index (χ4v) is 6.69. The van der Waals surface area contributed by atoms with Crippen LogP contribution in [0.5, 0.6) is 0 Å². The summed E-state index contributed by atoms with van der Waals surface area (Å²) < 4.78 is 4.61. The maximum atomic E-state index is 12.3. The molecule has 0 heterocycles. The molecule has 0 bridgehead atoms. The Kier molecular flexibility index (Phi) is 10.6. The molecule has 2 aliphatic carbocycles. The molecule has 2 N–H and O–H groups in total. The summed E-state index contributed by atoms with van der Waals surface area (Å²) in [5.41, 5.74) is 0.0826. The van der Waals surface area contributed by atoms with Crippen LogP contribution in [0.1, 0.15) is 58.3 Å². The van der Waals surface area contributed by atoms with Gasteiger partial charge in [0.2, 0.25) is 0 Å². The molecule has 4 atom stereocenters. The number of carbonyl (C=O) groups is 2. The van der Waals surface area contributed by atoms with Crippen molar-refractivity contribution in [3.63, 3.8) is 0 Å². The first kappa shape index (κ1) is 24.8. The first-order valence-corrected chi connectivity index (χ1v) is 13.0. The number of esters is 1. The van der Waals surface area contributed by atoms with Gasteiger partial charge in [0.25, 0.3) is 0 Å². The van der Waals surface area contributed by atoms with Gasteiger partial charge in [-0.15, -0.1) is 11.8 Å². The highest BCUT2D eigenvalue weighted by Crippen LogP contribution is 2.48. The molecule has 5 nitrogen and oxygen atoms in total. The van der Waals surface area contributed by atoms with Crippen molar-refractivity contribution in [1.82, 2.24) is 0 Å². The molecule has 0 aromatic rings. The Morgan fingerprint density at radius 3 is 2.76 bits per heavy atom. The van der Waals surface area contributed by atoms with Crippen LogP contribution in [0, 0.1) is 11.3 Å². The van der Waals surface area contributed by atoms with Crippen LogP contribution in [0.25, 0.3) is 0 Å². The summed E-state index contributed by atoms with van der Waals surface area (Å²) in [6.07, 6.45) is 10.3. The van der Waals surface area contributed by atoms with Crippen molar-refractivity contribution in [3.8, 4) is 0 Å². The van der Waals surface area contributed by atoms with E-state index < -0.39 is 6.10 Å². The lowest BCUT2D eigenvalue weighted by atomic mass is 9.62. The molecule has 2 aliphatic rings. The summed E-state index contributed by atoms with van der Waals surface area (Å²) in [6, 6.07) is 0. The van der Waals surface area contributed by atoms with Crippen LogP contribution in [-0.4, -0.2) is 63.8 Å². The van der Waals surface area contributed by atoms with Gasteiger partial charge < -0.3 is 14.9 Å². The Labute approximate surface area is 183 Å². The number of carbonyl (C=O) groups excluding carboxylic acids is 2. The lowest BCUT2D eigenvalue weighted by Crippen LogP contribution is -2.41. The predicted molar refractivity (Wildman–Crippen MR) is 120 cm³/mol. The zero-order valence-corrected chi connectivity index (χ0v) is 19.3. The number of hydrogen-bond acceptors (Lipinski definition) is 7. The standard InChI is InChI=1S/C22H36O5S2/c1-3-9-22(10-5-11-22)19(25)8-4-7-16-17(23)14-18(24)21(16)29-13-6-12-28-15-20(26)27-2/h4,7,16-17,19,21,23,25H,3,5-6,8-15H2,1-2H3/t16-,17+,19?,21+/m0/s1. The second-order valence-electron chi connectivity index (χ2n) is 8.23. The number of ether oxygens (including phenoxy) is 1. The Hall–Kier alpha value is -0.500. The lowest BCUT2D eigenvalue weighted by Gasteiger charge is -2.45. The van der Waals surface area contributed by atoms with E-state index in [0.717, 1.165) is 43.6 Å². The van der Waals surface area contributed by atoms with E-state index in [-0.39, 0.29) is 40.9 Å². The van der Waals surface area contributed by atoms with Gasteiger partial charge in [-0.05, 0) is 49.0 Å². The Bertz CT molecular complexity index is 561. The highest BCUT2D eigenvalue weighted by Gasteiger charge is 2.42. The fourth-order valence-electron chi connectivity index (χ4n) is 4.39. The summed E-state index contributed by atoms with van der Waals surface area (Å²) in [6.45, 7) is 2.17. The Morgan fingerprint density at radius 1 is 1.38 bits per heavy atom. The van der Waals surface area contributed by atoms with E-state index in [1.807, 2.05) is 12.2 Å². The monoisotopic (exact) mass is 444 g/mol. The third-order valence-electron chi connectivity index (χ3n) is 6.22. The predicted octanol–water partition coefficient (Wildman–Crippen LogP) is 3.61. The number of Topliss-reactive ketones (excluding diaryl/α,β-unsaturated/α-hetero) is 1. The van der Waals surface area contributed by atoms with E-state index in [2.05, 4.69) is 11.7 Å². The average Bonchev–Trinajstić information content (AvgIpc) is 2.93. The van der Waals surface area contributed by atoms with Crippen LogP contribution in [0.2, 0.25) is 0 Å². The Balaban J connectivity index is 1.77. The van der Waals surface area contributed by atoms with Gasteiger partial charge in [0, 0.05) is 12.3 Å². The molecule has 2 rings (SSSR count). The molecule has 0 radical (unpaired) electrons. The van der Waals surface area contributed by atoms with Crippen LogP contribution < -0.4 is 0 Å². The topological polar surface area (TPSA) is 83.8 Å². The van der Waals surface area contributed by atoms with Crippen molar-refractivity contribution in [3.05, 3.63) is 12.2 Å². The van der Waals surface area contributed by atoms with E-state index in [1.54, 1.807) is 11.8 Å². The van der Waals surface area contributed by atoms with Gasteiger partial charge in [-0.1, -0.05) is 31.9 Å². The first-order valence-electron chi connectivity index (χ1n) is 10.7. The van der Waals surface area contributed by atoms with Crippen LogP contribution in [0.3, 0.4) is 0 Å². The van der Waals surface area contributed by atoms with E-state index in [4.69, 9.17) is 0 Å². The average molecular weight is 445 g/mol. The van der Waals surface area contributed by atoms with E-state index in [9.17, 15) is 19.8 Å². The van der Waals surface area contributed by atoms with Crippen molar-refractivity contribution in [1.29, 1.82) is 0 Å². The van der Waals surface area contributed by atoms with Crippen LogP contribution >= 0.6 is 23.5 Å². The second-order valence-corrected chi connectivity index (χ2v) is 10.6. The second kappa shape index (κ2) is 12.4. The van der Waals surface area contributed by atoms with Gasteiger partial charge in [-0.3, -0.25) is 9.59 Å². The number of aliphatic hydroxyl groups excluding tert-OH is 2. The number of aliphatic hydroxyl groups is 2. The zero-order chi connectivity index (χ0) is 21.3. The normalized spacial score (nSPS) is 27.2. The van der Waals surface area contributed by atoms with E-state index in [1.165, 1.54) is 25.3 Å². The maximum absolute atomic E-state index is 12.3. The maximum Gasteiger partial charge on any atom is 0.315 e. The highest BCUT2D eigenvalue weighted by atomic mass is 32.2. The smallest absolute Gasteiger partial charge is 0.315 e. The molecule has 166 valence electrons. The van der Waals surface area contributed by atoms with Crippen molar-refractivity contribution in [2.75, 3.05) is 24.4 Å². The van der Waals surface area contributed by atoms with Gasteiger partial charge in [-0.25, -0.2) is 0 Å². The molecular weight excluding hydrogens is 408 g/mol. The van der Waals surface area contributed by atoms with Crippen LogP contribution in [0.4, 0.5) is 0 Å². The zero-order valence-electron chi connectivity index (χ0n) is 17.7. The summed E-state index contributed by atoms with van der Waals surface area (Å²) >= 11 is 3.14. The van der Waals surface area contributed by atoms with Crippen molar-refractivity contribution in [2.24, 2.45) is 11.3 Å². The van der Waals surface area contributed by atoms with Crippen molar-refractivity contribution in [2.45, 2.75) is 75.7 Å². The minimum atomic E-state index is -0.629. The third-order valence-corrected chi connectivity index (χ3v) is 8.70. The van der Waals surface area contributed by atoms with Gasteiger partial charge in [-0.2, -0.15) is 11.8 Å². The summed E-state index contributed by atoms with van der Waals surface area (Å²) in [7, 11) is 1.39. The molecule has 0 amide bonds. The lowest BCUT2D eigenvalue weighted by molar-refractivity contribution is -0.137. The molecule has 0 spiro atoms. The number of thioether (sulfide) groups is 2. The van der Waals surface area contributed by atoms with Crippen LogP contribution in [-0.2, 0) is 14.3 Å². The van der Waals surface area contributed by atoms with E-state index in [0.29, 0.717) is 12.2 Å². The summed E-state index contributed by atoms with van der Waals surface area (Å²) in [5, 5.41) is 20.8. The minimum absolute atomic E-state index is 0.0826. The number of methoxy groups -OCH3 is 1. The molecule has 0 aromatic carbocycles. The third kappa shape index (κ3) is 7.01. The molecule has 7 heteroatoms. The van der Waals surface area contributed by atoms with Crippen LogP contribution in [0.15, 0.2) is 12.2 Å². The number of ketones is 1. The molecule has 1 unspecified atom stereocenters. The van der Waals surface area contributed by atoms with Gasteiger partial charge in [0.1, 0.15) is 5.78 Å². The SMILES string of the molecule is CCCC1(C(O)CC=C[C@H]2[C@H](O)CC(=O)[C@@H]2SCCCSCC(=O)OC)CCC1. The van der Waals surface area contributed by atoms with Crippen molar-refractivity contribution >= 4 is 35.3 Å². The highest BCUT2D eigenvalue weighted by molar-refractivity contribution is 8.01. The molecule has 0 aromatic heterocycles. The van der Waals surface area contributed by atoms with Crippen molar-refractivity contribution < 1.29 is 24.5 Å². The summed E-state index contributed by atoms with van der Waals surface area (Å²) in [5.74, 6) is 1.75. The quantitative estimate of drug-likeness (QED) is 0.255. The van der Waals surface area contributed by atoms with Gasteiger partial charge >= 0.3 is 5.97 Å². The largest absolute Gasteiger partial charge is 0.468 e. The summed E-state index contributed by atoms with van der Waals surface area (Å²) in [4.78, 5) is 23.4. The molecule has 2 saturated carbocycles. The molecule has 2 fully saturated rings. The molecular formula is C22H36O5S2. The van der Waals surface area contributed by atoms with Gasteiger partial charge in [0.15, 0.2) is 0 Å². The molecule has 0 aliphatic heterocycles. The molecule has 0 saturated heterocycles. The molecule has 29 heavy (non-hydrogen) atoms.